The van der Waals surface area contributed by atoms with Gasteiger partial charge in [0.25, 0.3) is 0 Å². The zero-order valence-corrected chi connectivity index (χ0v) is 11.9. The van der Waals surface area contributed by atoms with E-state index in [0.717, 1.165) is 0 Å². The normalized spacial score (nSPS) is 14.5. The van der Waals surface area contributed by atoms with Crippen molar-refractivity contribution in [1.29, 1.82) is 0 Å². The Balaban J connectivity index is 5.00. The predicted molar refractivity (Wildman–Crippen MR) is 74.1 cm³/mol. The third kappa shape index (κ3) is 6.15. The van der Waals surface area contributed by atoms with Crippen LogP contribution in [0.4, 0.5) is 4.39 Å². The first-order valence-electron chi connectivity index (χ1n) is 5.71. The number of rotatable bonds is 8. The van der Waals surface area contributed by atoms with Crippen molar-refractivity contribution in [3.63, 3.8) is 0 Å². The van der Waals surface area contributed by atoms with E-state index in [9.17, 15) is 4.39 Å². The largest absolute Gasteiger partial charge is 0.359 e. The third-order valence-corrected chi connectivity index (χ3v) is 2.74. The molecule has 2 nitrogen and oxygen atoms in total. The standard InChI is InChI=1S/C14H20ClFO2/c1-5-11(6-2)14(16)8-12(13(15)7-3)9-18-10-17-4/h5-6,8H,1,7,9-10H2,2-4H3/b11-6+,13-12-,14-8+. The van der Waals surface area contributed by atoms with E-state index in [0.29, 0.717) is 22.6 Å². The molecule has 0 aliphatic rings. The summed E-state index contributed by atoms with van der Waals surface area (Å²) >= 11 is 6.05. The van der Waals surface area contributed by atoms with Crippen molar-refractivity contribution >= 4 is 11.6 Å². The summed E-state index contributed by atoms with van der Waals surface area (Å²) in [4.78, 5) is 0. The van der Waals surface area contributed by atoms with Crippen LogP contribution in [-0.2, 0) is 9.47 Å². The van der Waals surface area contributed by atoms with Gasteiger partial charge in [-0.25, -0.2) is 4.39 Å². The van der Waals surface area contributed by atoms with Crippen molar-refractivity contribution < 1.29 is 13.9 Å². The SMILES string of the molecule is C=CC(=C\C)/C(F)=C\C(COCOC)=C(\Cl)CC. The molecule has 18 heavy (non-hydrogen) atoms. The molecule has 0 amide bonds. The molecule has 0 rings (SSSR count). The molecular weight excluding hydrogens is 255 g/mol. The molecule has 0 aromatic carbocycles. The van der Waals surface area contributed by atoms with Gasteiger partial charge in [0.2, 0.25) is 0 Å². The second-order valence-corrected chi connectivity index (χ2v) is 3.94. The van der Waals surface area contributed by atoms with Crippen LogP contribution < -0.4 is 0 Å². The molecule has 102 valence electrons. The molecule has 0 saturated carbocycles. The van der Waals surface area contributed by atoms with Gasteiger partial charge in [-0.1, -0.05) is 37.3 Å². The van der Waals surface area contributed by atoms with Gasteiger partial charge < -0.3 is 9.47 Å². The van der Waals surface area contributed by atoms with E-state index in [1.54, 1.807) is 13.0 Å². The summed E-state index contributed by atoms with van der Waals surface area (Å²) in [5.74, 6) is -0.380. The van der Waals surface area contributed by atoms with Gasteiger partial charge in [0.15, 0.2) is 0 Å². The molecule has 0 radical (unpaired) electrons. The third-order valence-electron chi connectivity index (χ3n) is 2.23. The molecule has 0 aliphatic carbocycles. The van der Waals surface area contributed by atoms with E-state index in [1.807, 2.05) is 6.92 Å². The van der Waals surface area contributed by atoms with Gasteiger partial charge in [0.1, 0.15) is 12.6 Å². The summed E-state index contributed by atoms with van der Waals surface area (Å²) in [6.45, 7) is 7.55. The first-order valence-corrected chi connectivity index (χ1v) is 6.08. The highest BCUT2D eigenvalue weighted by Gasteiger charge is 2.06. The van der Waals surface area contributed by atoms with E-state index >= 15 is 0 Å². The van der Waals surface area contributed by atoms with E-state index in [2.05, 4.69) is 6.58 Å². The van der Waals surface area contributed by atoms with Crippen LogP contribution in [-0.4, -0.2) is 20.5 Å². The molecular formula is C14H20ClFO2. The molecule has 0 aromatic rings. The highest BCUT2D eigenvalue weighted by Crippen LogP contribution is 2.21. The van der Waals surface area contributed by atoms with Gasteiger partial charge in [-0.15, -0.1) is 0 Å². The fourth-order valence-electron chi connectivity index (χ4n) is 1.25. The maximum absolute atomic E-state index is 13.9. The van der Waals surface area contributed by atoms with Crippen LogP contribution in [0.1, 0.15) is 20.3 Å². The minimum Gasteiger partial charge on any atom is -0.359 e. The second kappa shape index (κ2) is 10.1. The molecule has 0 spiro atoms. The topological polar surface area (TPSA) is 18.5 Å². The van der Waals surface area contributed by atoms with E-state index < -0.39 is 0 Å². The van der Waals surface area contributed by atoms with Crippen molar-refractivity contribution in [2.24, 2.45) is 0 Å². The average Bonchev–Trinajstić information content (AvgIpc) is 2.38. The Hall–Kier alpha value is -0.900. The van der Waals surface area contributed by atoms with Crippen LogP contribution in [0.25, 0.3) is 0 Å². The van der Waals surface area contributed by atoms with Crippen LogP contribution >= 0.6 is 11.6 Å². The van der Waals surface area contributed by atoms with Crippen LogP contribution in [0.5, 0.6) is 0 Å². The highest BCUT2D eigenvalue weighted by atomic mass is 35.5. The van der Waals surface area contributed by atoms with Gasteiger partial charge in [-0.3, -0.25) is 0 Å². The lowest BCUT2D eigenvalue weighted by Crippen LogP contribution is -2.02. The molecule has 0 heterocycles. The fraction of sp³-hybridized carbons (Fsp3) is 0.429. The Kier molecular flexibility index (Phi) is 9.56. The number of hydrogen-bond acceptors (Lipinski definition) is 2. The molecule has 0 fully saturated rings. The van der Waals surface area contributed by atoms with E-state index in [-0.39, 0.29) is 19.2 Å². The van der Waals surface area contributed by atoms with Gasteiger partial charge in [-0.05, 0) is 25.0 Å². The first-order chi connectivity index (χ1) is 8.60. The molecule has 0 saturated heterocycles. The zero-order chi connectivity index (χ0) is 14.0. The van der Waals surface area contributed by atoms with Gasteiger partial charge in [0.05, 0.1) is 6.61 Å². The lowest BCUT2D eigenvalue weighted by molar-refractivity contribution is -0.0205. The van der Waals surface area contributed by atoms with Crippen molar-refractivity contribution in [1.82, 2.24) is 0 Å². The molecule has 0 aromatic heterocycles. The molecule has 0 atom stereocenters. The minimum atomic E-state index is -0.380. The molecule has 0 aliphatic heterocycles. The fourth-order valence-corrected chi connectivity index (χ4v) is 1.36. The number of methoxy groups -OCH3 is 1. The Morgan fingerprint density at radius 1 is 1.44 bits per heavy atom. The average molecular weight is 275 g/mol. The molecule has 0 bridgehead atoms. The number of halogens is 2. The molecule has 0 unspecified atom stereocenters. The van der Waals surface area contributed by atoms with Gasteiger partial charge in [0, 0.05) is 17.7 Å². The first kappa shape index (κ1) is 17.1. The maximum Gasteiger partial charge on any atom is 0.146 e. The van der Waals surface area contributed by atoms with Crippen LogP contribution in [0.2, 0.25) is 0 Å². The van der Waals surface area contributed by atoms with Gasteiger partial charge >= 0.3 is 0 Å². The Bertz CT molecular complexity index is 357. The minimum absolute atomic E-state index is 0.144. The zero-order valence-electron chi connectivity index (χ0n) is 11.1. The Morgan fingerprint density at radius 2 is 2.11 bits per heavy atom. The molecule has 0 N–H and O–H groups in total. The van der Waals surface area contributed by atoms with Crippen molar-refractivity contribution in [3.05, 3.63) is 46.8 Å². The van der Waals surface area contributed by atoms with Gasteiger partial charge in [-0.2, -0.15) is 0 Å². The lowest BCUT2D eigenvalue weighted by Gasteiger charge is -2.07. The summed E-state index contributed by atoms with van der Waals surface area (Å²) < 4.78 is 23.8. The van der Waals surface area contributed by atoms with Crippen LogP contribution in [0, 0.1) is 0 Å². The number of allylic oxidation sites excluding steroid dienone is 5. The van der Waals surface area contributed by atoms with Crippen LogP contribution in [0.3, 0.4) is 0 Å². The highest BCUT2D eigenvalue weighted by molar-refractivity contribution is 6.30. The lowest BCUT2D eigenvalue weighted by atomic mass is 10.1. The maximum atomic E-state index is 13.9. The summed E-state index contributed by atoms with van der Waals surface area (Å²) in [6.07, 6.45) is 5.10. The second-order valence-electron chi connectivity index (χ2n) is 3.48. The number of ether oxygens (including phenoxy) is 2. The predicted octanol–water partition coefficient (Wildman–Crippen LogP) is 4.50. The van der Waals surface area contributed by atoms with E-state index in [1.165, 1.54) is 19.3 Å². The monoisotopic (exact) mass is 274 g/mol. The van der Waals surface area contributed by atoms with Crippen molar-refractivity contribution in [2.45, 2.75) is 20.3 Å². The smallest absolute Gasteiger partial charge is 0.146 e. The van der Waals surface area contributed by atoms with E-state index in [4.69, 9.17) is 21.1 Å². The number of hydrogen-bond donors (Lipinski definition) is 0. The van der Waals surface area contributed by atoms with Crippen LogP contribution in [0.15, 0.2) is 46.8 Å². The Morgan fingerprint density at radius 3 is 2.56 bits per heavy atom. The van der Waals surface area contributed by atoms with Crippen molar-refractivity contribution in [3.8, 4) is 0 Å². The summed E-state index contributed by atoms with van der Waals surface area (Å²) in [5.41, 5.74) is 1.04. The Labute approximate surface area is 113 Å². The summed E-state index contributed by atoms with van der Waals surface area (Å²) in [6, 6.07) is 0. The molecule has 4 heteroatoms. The summed E-state index contributed by atoms with van der Waals surface area (Å²) in [7, 11) is 1.52. The summed E-state index contributed by atoms with van der Waals surface area (Å²) in [5, 5.41) is 0.570. The van der Waals surface area contributed by atoms with Crippen molar-refractivity contribution in [2.75, 3.05) is 20.5 Å². The quantitative estimate of drug-likeness (QED) is 0.369.